The van der Waals surface area contributed by atoms with Crippen LogP contribution in [0.1, 0.15) is 55.9 Å². The number of hydrogen-bond donors (Lipinski definition) is 3. The summed E-state index contributed by atoms with van der Waals surface area (Å²) in [4.78, 5) is 15.5. The van der Waals surface area contributed by atoms with E-state index in [2.05, 4.69) is 17.2 Å². The van der Waals surface area contributed by atoms with E-state index in [4.69, 9.17) is 11.5 Å². The highest BCUT2D eigenvalue weighted by Gasteiger charge is 2.23. The number of nitrogens with one attached hydrogen (secondary N) is 1. The molecule has 1 amide bonds. The van der Waals surface area contributed by atoms with E-state index < -0.39 is 5.91 Å². The summed E-state index contributed by atoms with van der Waals surface area (Å²) in [6, 6.07) is 3.60. The Morgan fingerprint density at radius 2 is 2.10 bits per heavy atom. The van der Waals surface area contributed by atoms with Crippen LogP contribution in [-0.2, 0) is 0 Å². The van der Waals surface area contributed by atoms with Gasteiger partial charge in [0.25, 0.3) is 5.91 Å². The van der Waals surface area contributed by atoms with Crippen LogP contribution in [0.4, 0.5) is 11.5 Å². The molecule has 2 rings (SSSR count). The number of nitrogens with zero attached hydrogens (tertiary/aromatic N) is 1. The molecule has 20 heavy (non-hydrogen) atoms. The van der Waals surface area contributed by atoms with Crippen LogP contribution in [0.3, 0.4) is 0 Å². The number of nitrogens with two attached hydrogens (primary N) is 2. The first-order valence-corrected chi connectivity index (χ1v) is 7.44. The van der Waals surface area contributed by atoms with Gasteiger partial charge < -0.3 is 16.8 Å². The van der Waals surface area contributed by atoms with Crippen molar-refractivity contribution in [2.75, 3.05) is 11.1 Å². The third kappa shape index (κ3) is 3.40. The normalized spacial score (nSPS) is 17.6. The first-order chi connectivity index (χ1) is 9.61. The molecule has 1 heterocycles. The van der Waals surface area contributed by atoms with Crippen LogP contribution < -0.4 is 16.8 Å². The van der Waals surface area contributed by atoms with Crippen molar-refractivity contribution in [3.05, 3.63) is 17.8 Å². The van der Waals surface area contributed by atoms with Crippen molar-refractivity contribution in [1.82, 2.24) is 4.98 Å². The molecule has 0 aromatic carbocycles. The quantitative estimate of drug-likeness (QED) is 0.770. The van der Waals surface area contributed by atoms with Crippen LogP contribution in [0.25, 0.3) is 0 Å². The Hall–Kier alpha value is -1.78. The number of amides is 1. The third-order valence-electron chi connectivity index (χ3n) is 4.16. The molecule has 0 spiro atoms. The summed E-state index contributed by atoms with van der Waals surface area (Å²) in [6.07, 6.45) is 7.46. The highest BCUT2D eigenvalue weighted by molar-refractivity contribution is 5.91. The second-order valence-corrected chi connectivity index (χ2v) is 5.56. The second-order valence-electron chi connectivity index (χ2n) is 5.56. The second kappa shape index (κ2) is 6.59. The molecule has 0 aliphatic heterocycles. The zero-order valence-corrected chi connectivity index (χ0v) is 12.1. The molecule has 110 valence electrons. The highest BCUT2D eigenvalue weighted by Crippen LogP contribution is 2.30. The fourth-order valence-corrected chi connectivity index (χ4v) is 2.99. The Bertz CT molecular complexity index is 469. The van der Waals surface area contributed by atoms with Gasteiger partial charge in [0.05, 0.1) is 5.69 Å². The van der Waals surface area contributed by atoms with Gasteiger partial charge in [-0.3, -0.25) is 4.79 Å². The molecule has 1 aliphatic rings. The van der Waals surface area contributed by atoms with Gasteiger partial charge in [0.1, 0.15) is 11.5 Å². The molecule has 5 heteroatoms. The number of rotatable bonds is 5. The topological polar surface area (TPSA) is 94.0 Å². The lowest BCUT2D eigenvalue weighted by Crippen LogP contribution is -2.31. The van der Waals surface area contributed by atoms with Crippen LogP contribution in [0.15, 0.2) is 12.1 Å². The van der Waals surface area contributed by atoms with Crippen molar-refractivity contribution in [3.8, 4) is 0 Å². The van der Waals surface area contributed by atoms with Crippen molar-refractivity contribution in [2.24, 2.45) is 11.7 Å². The maximum Gasteiger partial charge on any atom is 0.267 e. The molecule has 1 unspecified atom stereocenters. The predicted octanol–water partition coefficient (Wildman–Crippen LogP) is 2.53. The Morgan fingerprint density at radius 3 is 2.70 bits per heavy atom. The fraction of sp³-hybridized carbons (Fsp3) is 0.600. The molecular weight excluding hydrogens is 252 g/mol. The van der Waals surface area contributed by atoms with E-state index in [-0.39, 0.29) is 5.69 Å². The molecule has 1 fully saturated rings. The lowest BCUT2D eigenvalue weighted by Gasteiger charge is -2.31. The van der Waals surface area contributed by atoms with Gasteiger partial charge >= 0.3 is 0 Å². The van der Waals surface area contributed by atoms with Crippen LogP contribution in [0.5, 0.6) is 0 Å². The summed E-state index contributed by atoms with van der Waals surface area (Å²) in [6.45, 7) is 2.17. The molecular formula is C15H24N4O. The Balaban J connectivity index is 2.13. The molecule has 0 radical (unpaired) electrons. The standard InChI is InChI=1S/C15H24N4O/c1-2-12(10-6-4-3-5-7-10)18-15-11(16)8-9-13(19-15)14(17)20/h8-10,12H,2-7,16H2,1H3,(H2,17,20)(H,18,19). The number of carbonyl (C=O) groups is 1. The molecule has 5 nitrogen and oxygen atoms in total. The van der Waals surface area contributed by atoms with Gasteiger partial charge in [0.2, 0.25) is 0 Å². The zero-order chi connectivity index (χ0) is 14.5. The lowest BCUT2D eigenvalue weighted by molar-refractivity contribution is 0.0995. The van der Waals surface area contributed by atoms with Gasteiger partial charge in [-0.15, -0.1) is 0 Å². The molecule has 0 saturated heterocycles. The van der Waals surface area contributed by atoms with Crippen LogP contribution in [-0.4, -0.2) is 16.9 Å². The van der Waals surface area contributed by atoms with E-state index in [1.807, 2.05) is 0 Å². The Kier molecular flexibility index (Phi) is 4.82. The zero-order valence-electron chi connectivity index (χ0n) is 12.1. The average Bonchev–Trinajstić information content (AvgIpc) is 2.47. The molecule has 1 saturated carbocycles. The van der Waals surface area contributed by atoms with Crippen LogP contribution in [0.2, 0.25) is 0 Å². The minimum absolute atomic E-state index is 0.250. The van der Waals surface area contributed by atoms with Gasteiger partial charge in [-0.25, -0.2) is 4.98 Å². The third-order valence-corrected chi connectivity index (χ3v) is 4.16. The van der Waals surface area contributed by atoms with Crippen molar-refractivity contribution in [3.63, 3.8) is 0 Å². The smallest absolute Gasteiger partial charge is 0.267 e. The number of aromatic nitrogens is 1. The summed E-state index contributed by atoms with van der Waals surface area (Å²) in [5.41, 5.74) is 12.0. The first-order valence-electron chi connectivity index (χ1n) is 7.44. The van der Waals surface area contributed by atoms with Crippen LogP contribution in [0, 0.1) is 5.92 Å². The SMILES string of the molecule is CCC(Nc1nc(C(N)=O)ccc1N)C1CCCCC1. The minimum Gasteiger partial charge on any atom is -0.396 e. The van der Waals surface area contributed by atoms with E-state index in [9.17, 15) is 4.79 Å². The van der Waals surface area contributed by atoms with Gasteiger partial charge in [-0.05, 0) is 37.3 Å². The van der Waals surface area contributed by atoms with E-state index >= 15 is 0 Å². The fourth-order valence-electron chi connectivity index (χ4n) is 2.99. The van der Waals surface area contributed by atoms with Crippen molar-refractivity contribution < 1.29 is 4.79 Å². The maximum atomic E-state index is 11.2. The largest absolute Gasteiger partial charge is 0.396 e. The number of carbonyl (C=O) groups excluding carboxylic acids is 1. The summed E-state index contributed by atoms with van der Waals surface area (Å²) >= 11 is 0. The number of primary amides is 1. The van der Waals surface area contributed by atoms with E-state index in [1.165, 1.54) is 32.1 Å². The van der Waals surface area contributed by atoms with Gasteiger partial charge in [-0.1, -0.05) is 26.2 Å². The summed E-state index contributed by atoms with van der Waals surface area (Å²) < 4.78 is 0. The number of anilines is 2. The Labute approximate surface area is 120 Å². The predicted molar refractivity (Wildman–Crippen MR) is 81.4 cm³/mol. The molecule has 1 aromatic heterocycles. The summed E-state index contributed by atoms with van der Waals surface area (Å²) in [5, 5.41) is 3.42. The van der Waals surface area contributed by atoms with E-state index in [0.29, 0.717) is 23.5 Å². The van der Waals surface area contributed by atoms with Gasteiger partial charge in [0, 0.05) is 6.04 Å². The van der Waals surface area contributed by atoms with Gasteiger partial charge in [0.15, 0.2) is 0 Å². The number of nitrogen functional groups attached to an aromatic ring is 1. The van der Waals surface area contributed by atoms with Gasteiger partial charge in [-0.2, -0.15) is 0 Å². The maximum absolute atomic E-state index is 11.2. The van der Waals surface area contributed by atoms with E-state index in [1.54, 1.807) is 12.1 Å². The molecule has 1 atom stereocenters. The number of hydrogen-bond acceptors (Lipinski definition) is 4. The monoisotopic (exact) mass is 276 g/mol. The summed E-state index contributed by atoms with van der Waals surface area (Å²) in [5.74, 6) is 0.713. The summed E-state index contributed by atoms with van der Waals surface area (Å²) in [7, 11) is 0. The van der Waals surface area contributed by atoms with Crippen molar-refractivity contribution >= 4 is 17.4 Å². The van der Waals surface area contributed by atoms with E-state index in [0.717, 1.165) is 6.42 Å². The average molecular weight is 276 g/mol. The van der Waals surface area contributed by atoms with Crippen molar-refractivity contribution in [1.29, 1.82) is 0 Å². The first kappa shape index (κ1) is 14.6. The number of pyridine rings is 1. The van der Waals surface area contributed by atoms with Crippen LogP contribution >= 0.6 is 0 Å². The van der Waals surface area contributed by atoms with Crippen molar-refractivity contribution in [2.45, 2.75) is 51.5 Å². The lowest BCUT2D eigenvalue weighted by atomic mass is 9.83. The molecule has 0 bridgehead atoms. The highest BCUT2D eigenvalue weighted by atomic mass is 16.1. The molecule has 1 aliphatic carbocycles. The Morgan fingerprint density at radius 1 is 1.40 bits per heavy atom. The molecule has 1 aromatic rings. The minimum atomic E-state index is -0.529. The molecule has 5 N–H and O–H groups in total.